The van der Waals surface area contributed by atoms with Gasteiger partial charge in [-0.3, -0.25) is 0 Å². The van der Waals surface area contributed by atoms with E-state index >= 15 is 0 Å². The average Bonchev–Trinajstić information content (AvgIpc) is 2.42. The van der Waals surface area contributed by atoms with Crippen LogP contribution < -0.4 is 14.8 Å². The van der Waals surface area contributed by atoms with Crippen LogP contribution in [0.3, 0.4) is 0 Å². The van der Waals surface area contributed by atoms with Gasteiger partial charge in [0.25, 0.3) is 0 Å². The number of ether oxygens (including phenoxy) is 2. The number of hydrogen-bond donors (Lipinski definition) is 1. The molecular weight excluding hydrogens is 298 g/mol. The fourth-order valence-electron chi connectivity index (χ4n) is 1.36. The van der Waals surface area contributed by atoms with Crippen LogP contribution in [0.4, 0.5) is 11.6 Å². The van der Waals surface area contributed by atoms with E-state index in [9.17, 15) is 0 Å². The molecule has 1 aromatic carbocycles. The molecule has 2 rings (SSSR count). The summed E-state index contributed by atoms with van der Waals surface area (Å²) in [5.41, 5.74) is 0.875. The molecule has 0 saturated heterocycles. The molecule has 1 N–H and O–H groups in total. The van der Waals surface area contributed by atoms with E-state index in [0.29, 0.717) is 16.3 Å². The number of aromatic nitrogens is 2. The summed E-state index contributed by atoms with van der Waals surface area (Å²) in [5.74, 6) is 1.76. The first-order chi connectivity index (χ1) is 8.72. The molecule has 18 heavy (non-hydrogen) atoms. The molecule has 6 heteroatoms. The molecule has 0 unspecified atom stereocenters. The van der Waals surface area contributed by atoms with E-state index in [4.69, 9.17) is 9.47 Å². The lowest BCUT2D eigenvalue weighted by Gasteiger charge is -2.07. The summed E-state index contributed by atoms with van der Waals surface area (Å²) in [6.07, 6.45) is 1.64. The van der Waals surface area contributed by atoms with Crippen molar-refractivity contribution in [1.82, 2.24) is 9.97 Å². The van der Waals surface area contributed by atoms with Gasteiger partial charge in [-0.25, -0.2) is 4.98 Å². The molecule has 1 aromatic heterocycles. The van der Waals surface area contributed by atoms with Crippen LogP contribution in [0.1, 0.15) is 0 Å². The smallest absolute Gasteiger partial charge is 0.232 e. The molecule has 0 aliphatic carbocycles. The molecule has 5 nitrogen and oxygen atoms in total. The zero-order chi connectivity index (χ0) is 13.0. The van der Waals surface area contributed by atoms with Crippen molar-refractivity contribution >= 4 is 27.6 Å². The van der Waals surface area contributed by atoms with Gasteiger partial charge in [0.15, 0.2) is 0 Å². The number of nitrogens with one attached hydrogen (secondary N) is 1. The van der Waals surface area contributed by atoms with E-state index in [1.807, 2.05) is 24.3 Å². The van der Waals surface area contributed by atoms with Crippen LogP contribution in [-0.2, 0) is 0 Å². The maximum Gasteiger partial charge on any atom is 0.232 e. The van der Waals surface area contributed by atoms with Gasteiger partial charge in [0.1, 0.15) is 5.75 Å². The predicted octanol–water partition coefficient (Wildman–Crippen LogP) is 3.00. The van der Waals surface area contributed by atoms with Gasteiger partial charge in [-0.2, -0.15) is 4.98 Å². The monoisotopic (exact) mass is 309 g/mol. The maximum absolute atomic E-state index is 5.10. The van der Waals surface area contributed by atoms with Crippen LogP contribution in [-0.4, -0.2) is 24.2 Å². The van der Waals surface area contributed by atoms with Gasteiger partial charge < -0.3 is 14.8 Å². The minimum atomic E-state index is 0.472. The molecule has 0 atom stereocenters. The first-order valence-corrected chi connectivity index (χ1v) is 6.00. The van der Waals surface area contributed by atoms with Crippen LogP contribution >= 0.6 is 15.9 Å². The summed E-state index contributed by atoms with van der Waals surface area (Å²) in [5, 5.41) is 3.08. The van der Waals surface area contributed by atoms with E-state index in [1.54, 1.807) is 20.4 Å². The third-order valence-corrected chi connectivity index (χ3v) is 2.80. The molecule has 0 amide bonds. The fourth-order valence-corrected chi connectivity index (χ4v) is 1.71. The lowest BCUT2D eigenvalue weighted by Crippen LogP contribution is -1.99. The highest BCUT2D eigenvalue weighted by atomic mass is 79.9. The Kier molecular flexibility index (Phi) is 3.99. The highest BCUT2D eigenvalue weighted by molar-refractivity contribution is 9.10. The largest absolute Gasteiger partial charge is 0.497 e. The van der Waals surface area contributed by atoms with Gasteiger partial charge in [0, 0.05) is 5.69 Å². The van der Waals surface area contributed by atoms with Gasteiger partial charge in [0.05, 0.1) is 24.9 Å². The Labute approximate surface area is 113 Å². The van der Waals surface area contributed by atoms with Crippen molar-refractivity contribution < 1.29 is 9.47 Å². The second-order valence-corrected chi connectivity index (χ2v) is 4.26. The van der Waals surface area contributed by atoms with Crippen molar-refractivity contribution in [2.75, 3.05) is 19.5 Å². The van der Waals surface area contributed by atoms with E-state index < -0.39 is 0 Å². The molecule has 0 radical (unpaired) electrons. The van der Waals surface area contributed by atoms with Gasteiger partial charge in [0.2, 0.25) is 11.8 Å². The second kappa shape index (κ2) is 5.68. The van der Waals surface area contributed by atoms with Crippen molar-refractivity contribution in [1.29, 1.82) is 0 Å². The summed E-state index contributed by atoms with van der Waals surface area (Å²) >= 11 is 3.30. The number of halogens is 1. The summed E-state index contributed by atoms with van der Waals surface area (Å²) in [6, 6.07) is 7.49. The van der Waals surface area contributed by atoms with Crippen LogP contribution in [0, 0.1) is 0 Å². The van der Waals surface area contributed by atoms with Crippen molar-refractivity contribution in [3.63, 3.8) is 0 Å². The van der Waals surface area contributed by atoms with E-state index in [1.165, 1.54) is 0 Å². The first-order valence-electron chi connectivity index (χ1n) is 5.20. The highest BCUT2D eigenvalue weighted by Crippen LogP contribution is 2.24. The Morgan fingerprint density at radius 1 is 1.11 bits per heavy atom. The number of anilines is 2. The van der Waals surface area contributed by atoms with E-state index in [2.05, 4.69) is 31.2 Å². The lowest BCUT2D eigenvalue weighted by atomic mass is 10.3. The maximum atomic E-state index is 5.10. The van der Waals surface area contributed by atoms with E-state index in [-0.39, 0.29) is 0 Å². The third kappa shape index (κ3) is 2.89. The summed E-state index contributed by atoms with van der Waals surface area (Å²) in [4.78, 5) is 8.35. The lowest BCUT2D eigenvalue weighted by molar-refractivity contribution is 0.394. The van der Waals surface area contributed by atoms with Gasteiger partial charge >= 0.3 is 0 Å². The number of rotatable bonds is 4. The first kappa shape index (κ1) is 12.6. The molecule has 0 aliphatic rings. The third-order valence-electron chi connectivity index (χ3n) is 2.25. The molecule has 0 fully saturated rings. The normalized spacial score (nSPS) is 9.94. The minimum absolute atomic E-state index is 0.472. The number of benzene rings is 1. The van der Waals surface area contributed by atoms with Gasteiger partial charge in [-0.1, -0.05) is 0 Å². The number of hydrogen-bond acceptors (Lipinski definition) is 5. The molecule has 0 aliphatic heterocycles. The van der Waals surface area contributed by atoms with Crippen LogP contribution in [0.5, 0.6) is 11.6 Å². The van der Waals surface area contributed by atoms with Crippen molar-refractivity contribution in [3.05, 3.63) is 34.9 Å². The Balaban J connectivity index is 2.17. The number of methoxy groups -OCH3 is 2. The SMILES string of the molecule is COc1ccc(Nc2ncc(Br)c(OC)n2)cc1. The Morgan fingerprint density at radius 2 is 1.83 bits per heavy atom. The second-order valence-electron chi connectivity index (χ2n) is 3.40. The van der Waals surface area contributed by atoms with Gasteiger partial charge in [-0.15, -0.1) is 0 Å². The van der Waals surface area contributed by atoms with E-state index in [0.717, 1.165) is 11.4 Å². The summed E-state index contributed by atoms with van der Waals surface area (Å²) < 4.78 is 10.9. The van der Waals surface area contributed by atoms with Crippen molar-refractivity contribution in [3.8, 4) is 11.6 Å². The standard InChI is InChI=1S/C12H12BrN3O2/c1-17-9-5-3-8(4-6-9)15-12-14-7-10(13)11(16-12)18-2/h3-7H,1-2H3,(H,14,15,16). The molecule has 2 aromatic rings. The molecule has 1 heterocycles. The van der Waals surface area contributed by atoms with Crippen LogP contribution in [0.15, 0.2) is 34.9 Å². The van der Waals surface area contributed by atoms with Gasteiger partial charge in [-0.05, 0) is 40.2 Å². The average molecular weight is 310 g/mol. The van der Waals surface area contributed by atoms with Crippen LogP contribution in [0.25, 0.3) is 0 Å². The Morgan fingerprint density at radius 3 is 2.44 bits per heavy atom. The Bertz CT molecular complexity index is 531. The highest BCUT2D eigenvalue weighted by Gasteiger charge is 2.05. The van der Waals surface area contributed by atoms with Crippen molar-refractivity contribution in [2.24, 2.45) is 0 Å². The fraction of sp³-hybridized carbons (Fsp3) is 0.167. The van der Waals surface area contributed by atoms with Crippen molar-refractivity contribution in [2.45, 2.75) is 0 Å². The quantitative estimate of drug-likeness (QED) is 0.941. The molecule has 0 saturated carbocycles. The zero-order valence-corrected chi connectivity index (χ0v) is 11.6. The molecule has 0 bridgehead atoms. The topological polar surface area (TPSA) is 56.3 Å². The minimum Gasteiger partial charge on any atom is -0.497 e. The summed E-state index contributed by atoms with van der Waals surface area (Å²) in [7, 11) is 3.19. The number of nitrogens with zero attached hydrogens (tertiary/aromatic N) is 2. The molecule has 94 valence electrons. The predicted molar refractivity (Wildman–Crippen MR) is 72.6 cm³/mol. The molecule has 0 spiro atoms. The van der Waals surface area contributed by atoms with Crippen LogP contribution in [0.2, 0.25) is 0 Å². The summed E-state index contributed by atoms with van der Waals surface area (Å²) in [6.45, 7) is 0. The zero-order valence-electron chi connectivity index (χ0n) is 9.98. The Hall–Kier alpha value is -1.82. The molecular formula is C12H12BrN3O2.